The molecule has 0 unspecified atom stereocenters. The lowest BCUT2D eigenvalue weighted by molar-refractivity contribution is 0.102. The number of amides is 1. The average Bonchev–Trinajstić information content (AvgIpc) is 2.42. The standard InChI is InChI=1S/C12H9ClFIN4O/c13-6-1-2-9(8(15)5-6)18-12(20)7-3-4-17-11(19-16)10(7)14/h1-5H,16H2,(H,17,19)(H,18,20). The number of carbonyl (C=O) groups excluding carboxylic acids is 1. The van der Waals surface area contributed by atoms with E-state index in [0.29, 0.717) is 10.7 Å². The van der Waals surface area contributed by atoms with Crippen LogP contribution in [0.2, 0.25) is 5.02 Å². The molecule has 20 heavy (non-hydrogen) atoms. The van der Waals surface area contributed by atoms with E-state index >= 15 is 0 Å². The summed E-state index contributed by atoms with van der Waals surface area (Å²) in [7, 11) is 0. The van der Waals surface area contributed by atoms with Crippen LogP contribution in [0.3, 0.4) is 0 Å². The Hall–Kier alpha value is -1.45. The number of pyridine rings is 1. The van der Waals surface area contributed by atoms with Gasteiger partial charge in [-0.3, -0.25) is 4.79 Å². The molecule has 1 aromatic carbocycles. The molecule has 0 aliphatic rings. The fraction of sp³-hybridized carbons (Fsp3) is 0. The van der Waals surface area contributed by atoms with Crippen LogP contribution in [0.5, 0.6) is 0 Å². The number of rotatable bonds is 3. The van der Waals surface area contributed by atoms with Crippen molar-refractivity contribution in [2.45, 2.75) is 0 Å². The fourth-order valence-corrected chi connectivity index (χ4v) is 2.51. The third kappa shape index (κ3) is 3.17. The van der Waals surface area contributed by atoms with Gasteiger partial charge in [-0.05, 0) is 46.9 Å². The van der Waals surface area contributed by atoms with Gasteiger partial charge in [-0.15, -0.1) is 0 Å². The number of nitrogen functional groups attached to an aromatic ring is 1. The lowest BCUT2D eigenvalue weighted by Gasteiger charge is -2.09. The van der Waals surface area contributed by atoms with E-state index in [2.05, 4.69) is 15.7 Å². The van der Waals surface area contributed by atoms with Crippen molar-refractivity contribution in [3.8, 4) is 0 Å². The average molecular weight is 407 g/mol. The molecule has 0 bridgehead atoms. The van der Waals surface area contributed by atoms with Crippen molar-refractivity contribution in [1.29, 1.82) is 0 Å². The summed E-state index contributed by atoms with van der Waals surface area (Å²) in [5, 5.41) is 3.16. The van der Waals surface area contributed by atoms with Gasteiger partial charge in [0.05, 0.1) is 11.3 Å². The number of hydrogen-bond donors (Lipinski definition) is 3. The van der Waals surface area contributed by atoms with Crippen molar-refractivity contribution in [1.82, 2.24) is 4.98 Å². The predicted molar refractivity (Wildman–Crippen MR) is 84.1 cm³/mol. The number of hydrazine groups is 1. The van der Waals surface area contributed by atoms with E-state index in [1.54, 1.807) is 18.2 Å². The molecule has 0 spiro atoms. The van der Waals surface area contributed by atoms with E-state index in [-0.39, 0.29) is 11.4 Å². The van der Waals surface area contributed by atoms with Crippen molar-refractivity contribution in [3.05, 3.63) is 50.4 Å². The number of halogens is 3. The maximum absolute atomic E-state index is 13.9. The first kappa shape index (κ1) is 14.9. The van der Waals surface area contributed by atoms with Crippen molar-refractivity contribution < 1.29 is 9.18 Å². The second-order valence-electron chi connectivity index (χ2n) is 3.74. The number of aromatic nitrogens is 1. The molecule has 1 amide bonds. The minimum Gasteiger partial charge on any atom is -0.321 e. The Bertz CT molecular complexity index is 668. The Morgan fingerprint density at radius 3 is 2.80 bits per heavy atom. The van der Waals surface area contributed by atoms with Gasteiger partial charge in [0.1, 0.15) is 0 Å². The summed E-state index contributed by atoms with van der Waals surface area (Å²) in [5.41, 5.74) is 2.47. The molecule has 0 fully saturated rings. The molecule has 104 valence electrons. The minimum atomic E-state index is -0.809. The topological polar surface area (TPSA) is 80.0 Å². The van der Waals surface area contributed by atoms with Gasteiger partial charge in [-0.1, -0.05) is 11.6 Å². The monoisotopic (exact) mass is 406 g/mol. The molecule has 1 heterocycles. The van der Waals surface area contributed by atoms with Gasteiger partial charge in [0.25, 0.3) is 5.91 Å². The number of benzene rings is 1. The Labute approximate surface area is 132 Å². The summed E-state index contributed by atoms with van der Waals surface area (Å²) in [5.74, 6) is 3.52. The van der Waals surface area contributed by atoms with E-state index in [4.69, 9.17) is 17.4 Å². The number of nitrogens with zero attached hydrogens (tertiary/aromatic N) is 1. The highest BCUT2D eigenvalue weighted by atomic mass is 127. The summed E-state index contributed by atoms with van der Waals surface area (Å²) >= 11 is 7.85. The van der Waals surface area contributed by atoms with Gasteiger partial charge in [0, 0.05) is 14.8 Å². The van der Waals surface area contributed by atoms with E-state index < -0.39 is 11.7 Å². The molecule has 4 N–H and O–H groups in total. The number of hydrogen-bond acceptors (Lipinski definition) is 4. The molecule has 0 radical (unpaired) electrons. The first-order valence-electron chi connectivity index (χ1n) is 5.40. The van der Waals surface area contributed by atoms with E-state index in [1.165, 1.54) is 12.3 Å². The summed E-state index contributed by atoms with van der Waals surface area (Å²) in [6.07, 6.45) is 1.29. The van der Waals surface area contributed by atoms with E-state index in [0.717, 1.165) is 3.57 Å². The third-order valence-corrected chi connectivity index (χ3v) is 3.58. The number of nitrogens with one attached hydrogen (secondary N) is 2. The van der Waals surface area contributed by atoms with Crippen molar-refractivity contribution in [2.75, 3.05) is 10.7 Å². The van der Waals surface area contributed by atoms with E-state index in [9.17, 15) is 9.18 Å². The summed E-state index contributed by atoms with van der Waals surface area (Å²) in [4.78, 5) is 15.7. The number of anilines is 2. The zero-order valence-corrected chi connectivity index (χ0v) is 12.9. The van der Waals surface area contributed by atoms with E-state index in [1.807, 2.05) is 22.6 Å². The summed E-state index contributed by atoms with van der Waals surface area (Å²) in [6, 6.07) is 6.24. The van der Waals surface area contributed by atoms with Crippen LogP contribution in [0.15, 0.2) is 30.5 Å². The highest BCUT2D eigenvalue weighted by Gasteiger charge is 2.16. The molecule has 2 rings (SSSR count). The second kappa shape index (κ2) is 6.33. The van der Waals surface area contributed by atoms with Crippen LogP contribution in [0, 0.1) is 9.39 Å². The van der Waals surface area contributed by atoms with Gasteiger partial charge in [-0.2, -0.15) is 0 Å². The molecule has 0 aliphatic heterocycles. The SMILES string of the molecule is NNc1nccc(C(=O)Nc2ccc(Cl)cc2I)c1F. The first-order chi connectivity index (χ1) is 9.52. The maximum Gasteiger partial charge on any atom is 0.258 e. The van der Waals surface area contributed by atoms with Crippen molar-refractivity contribution >= 4 is 51.6 Å². The Balaban J connectivity index is 2.28. The van der Waals surface area contributed by atoms with Crippen LogP contribution in [-0.4, -0.2) is 10.9 Å². The number of nitrogens with two attached hydrogens (primary N) is 1. The molecular weight excluding hydrogens is 398 g/mol. The lowest BCUT2D eigenvalue weighted by Crippen LogP contribution is -2.18. The van der Waals surface area contributed by atoms with Crippen molar-refractivity contribution in [3.63, 3.8) is 0 Å². The first-order valence-corrected chi connectivity index (χ1v) is 6.86. The van der Waals surface area contributed by atoms with Crippen LogP contribution in [-0.2, 0) is 0 Å². The zero-order valence-electron chi connectivity index (χ0n) is 9.95. The number of carbonyl (C=O) groups is 1. The molecule has 0 saturated heterocycles. The van der Waals surface area contributed by atoms with Gasteiger partial charge in [0.2, 0.25) is 0 Å². The second-order valence-corrected chi connectivity index (χ2v) is 5.34. The van der Waals surface area contributed by atoms with Crippen molar-refractivity contribution in [2.24, 2.45) is 5.84 Å². The van der Waals surface area contributed by atoms with Crippen LogP contribution >= 0.6 is 34.2 Å². The van der Waals surface area contributed by atoms with Crippen LogP contribution in [0.4, 0.5) is 15.9 Å². The smallest absolute Gasteiger partial charge is 0.258 e. The molecule has 0 atom stereocenters. The molecule has 0 saturated carbocycles. The third-order valence-electron chi connectivity index (χ3n) is 2.45. The molecule has 2 aromatic rings. The Morgan fingerprint density at radius 1 is 1.40 bits per heavy atom. The van der Waals surface area contributed by atoms with Gasteiger partial charge >= 0.3 is 0 Å². The largest absolute Gasteiger partial charge is 0.321 e. The van der Waals surface area contributed by atoms with Gasteiger partial charge < -0.3 is 10.7 Å². The van der Waals surface area contributed by atoms with Crippen LogP contribution in [0.1, 0.15) is 10.4 Å². The normalized spacial score (nSPS) is 10.2. The highest BCUT2D eigenvalue weighted by molar-refractivity contribution is 14.1. The van der Waals surface area contributed by atoms with Crippen LogP contribution < -0.4 is 16.6 Å². The van der Waals surface area contributed by atoms with Gasteiger partial charge in [0.15, 0.2) is 11.6 Å². The summed E-state index contributed by atoms with van der Waals surface area (Å²) in [6.45, 7) is 0. The Kier molecular flexibility index (Phi) is 4.73. The zero-order chi connectivity index (χ0) is 14.7. The van der Waals surface area contributed by atoms with Gasteiger partial charge in [-0.25, -0.2) is 15.2 Å². The molecule has 1 aromatic heterocycles. The lowest BCUT2D eigenvalue weighted by atomic mass is 10.2. The maximum atomic E-state index is 13.9. The summed E-state index contributed by atoms with van der Waals surface area (Å²) < 4.78 is 14.6. The molecule has 8 heteroatoms. The fourth-order valence-electron chi connectivity index (χ4n) is 1.50. The molecule has 0 aliphatic carbocycles. The molecular formula is C12H9ClFIN4O. The quantitative estimate of drug-likeness (QED) is 0.416. The Morgan fingerprint density at radius 2 is 2.15 bits per heavy atom. The van der Waals surface area contributed by atoms with Crippen LogP contribution in [0.25, 0.3) is 0 Å². The minimum absolute atomic E-state index is 0.154. The molecule has 5 nitrogen and oxygen atoms in total. The predicted octanol–water partition coefficient (Wildman–Crippen LogP) is 3.02. The highest BCUT2D eigenvalue weighted by Crippen LogP contribution is 2.23.